The topological polar surface area (TPSA) is 42.2 Å². The number of hydrogen-bond acceptors (Lipinski definition) is 3. The Bertz CT molecular complexity index is 597. The molecule has 5 heteroatoms. The predicted molar refractivity (Wildman–Crippen MR) is 70.7 cm³/mol. The van der Waals surface area contributed by atoms with E-state index >= 15 is 0 Å². The summed E-state index contributed by atoms with van der Waals surface area (Å²) in [6.07, 6.45) is 2.24. The van der Waals surface area contributed by atoms with E-state index in [0.29, 0.717) is 0 Å². The van der Waals surface area contributed by atoms with Crippen molar-refractivity contribution in [2.24, 2.45) is 0 Å². The molecule has 0 fully saturated rings. The van der Waals surface area contributed by atoms with Crippen LogP contribution in [-0.2, 0) is 0 Å². The molecule has 0 radical (unpaired) electrons. The molecular weight excluding hydrogens is 265 g/mol. The van der Waals surface area contributed by atoms with Crippen molar-refractivity contribution in [1.82, 2.24) is 5.32 Å². The summed E-state index contributed by atoms with van der Waals surface area (Å²) in [5, 5.41) is 2.89. The van der Waals surface area contributed by atoms with Crippen molar-refractivity contribution < 1.29 is 13.6 Å². The number of amides is 1. The van der Waals surface area contributed by atoms with Crippen molar-refractivity contribution in [1.29, 1.82) is 0 Å². The van der Waals surface area contributed by atoms with Crippen LogP contribution in [0.2, 0.25) is 0 Å². The summed E-state index contributed by atoms with van der Waals surface area (Å²) in [6.45, 7) is 0. The standard InChI is InChI=1S/C14H12FNO2S/c15-9-3-4-13-10(8-9)11(5-7-19-13)16-14(17)12-2-1-6-18-12/h1-4,6,8,11H,5,7H2,(H,16,17)/t11-/m0/s1. The number of fused-ring (bicyclic) bond motifs is 1. The molecule has 19 heavy (non-hydrogen) atoms. The first-order chi connectivity index (χ1) is 9.24. The SMILES string of the molecule is O=C(N[C@H]1CCSc2ccc(F)cc21)c1ccco1. The molecule has 98 valence electrons. The third kappa shape index (κ3) is 2.51. The van der Waals surface area contributed by atoms with E-state index in [9.17, 15) is 9.18 Å². The van der Waals surface area contributed by atoms with Crippen LogP contribution in [0.3, 0.4) is 0 Å². The number of carbonyl (C=O) groups is 1. The third-order valence-electron chi connectivity index (χ3n) is 3.06. The molecule has 1 aromatic carbocycles. The molecule has 1 aliphatic heterocycles. The first kappa shape index (κ1) is 12.3. The molecule has 1 atom stereocenters. The Morgan fingerprint density at radius 2 is 2.32 bits per heavy atom. The van der Waals surface area contributed by atoms with Crippen LogP contribution in [0.1, 0.15) is 28.6 Å². The second-order valence-corrected chi connectivity index (χ2v) is 5.46. The molecule has 0 aliphatic carbocycles. The van der Waals surface area contributed by atoms with Crippen molar-refractivity contribution in [3.05, 3.63) is 53.7 Å². The van der Waals surface area contributed by atoms with Gasteiger partial charge in [-0.25, -0.2) is 4.39 Å². The molecule has 1 amide bonds. The van der Waals surface area contributed by atoms with Gasteiger partial charge in [-0.1, -0.05) is 0 Å². The van der Waals surface area contributed by atoms with Crippen LogP contribution in [0.25, 0.3) is 0 Å². The van der Waals surface area contributed by atoms with Gasteiger partial charge in [-0.2, -0.15) is 0 Å². The van der Waals surface area contributed by atoms with E-state index in [1.165, 1.54) is 18.4 Å². The molecule has 0 unspecified atom stereocenters. The maximum Gasteiger partial charge on any atom is 0.287 e. The fourth-order valence-corrected chi connectivity index (χ4v) is 3.26. The number of carbonyl (C=O) groups excluding carboxylic acids is 1. The maximum atomic E-state index is 13.3. The minimum Gasteiger partial charge on any atom is -0.459 e. The monoisotopic (exact) mass is 277 g/mol. The second-order valence-electron chi connectivity index (χ2n) is 4.32. The molecule has 0 saturated carbocycles. The van der Waals surface area contributed by atoms with Crippen molar-refractivity contribution in [2.45, 2.75) is 17.4 Å². The van der Waals surface area contributed by atoms with Crippen LogP contribution >= 0.6 is 11.8 Å². The van der Waals surface area contributed by atoms with E-state index in [0.717, 1.165) is 22.6 Å². The zero-order valence-corrected chi connectivity index (χ0v) is 10.9. The lowest BCUT2D eigenvalue weighted by Gasteiger charge is -2.25. The molecule has 1 N–H and O–H groups in total. The fourth-order valence-electron chi connectivity index (χ4n) is 2.15. The first-order valence-corrected chi connectivity index (χ1v) is 6.99. The number of thioether (sulfide) groups is 1. The van der Waals surface area contributed by atoms with E-state index in [2.05, 4.69) is 5.32 Å². The second kappa shape index (κ2) is 5.09. The highest BCUT2D eigenvalue weighted by Crippen LogP contribution is 2.36. The summed E-state index contributed by atoms with van der Waals surface area (Å²) in [6, 6.07) is 7.82. The molecular formula is C14H12FNO2S. The Kier molecular flexibility index (Phi) is 3.29. The fraction of sp³-hybridized carbons (Fsp3) is 0.214. The van der Waals surface area contributed by atoms with Gasteiger partial charge in [0, 0.05) is 10.6 Å². The number of hydrogen-bond donors (Lipinski definition) is 1. The van der Waals surface area contributed by atoms with Crippen molar-refractivity contribution in [3.8, 4) is 0 Å². The molecule has 0 saturated heterocycles. The zero-order chi connectivity index (χ0) is 13.2. The summed E-state index contributed by atoms with van der Waals surface area (Å²) in [5.41, 5.74) is 0.844. The lowest BCUT2D eigenvalue weighted by molar-refractivity contribution is 0.0907. The highest BCUT2D eigenvalue weighted by atomic mass is 32.2. The molecule has 0 spiro atoms. The van der Waals surface area contributed by atoms with Gasteiger partial charge in [-0.3, -0.25) is 4.79 Å². The van der Waals surface area contributed by atoms with Crippen molar-refractivity contribution >= 4 is 17.7 Å². The molecule has 3 nitrogen and oxygen atoms in total. The number of benzene rings is 1. The van der Waals surface area contributed by atoms with E-state index in [4.69, 9.17) is 4.42 Å². The quantitative estimate of drug-likeness (QED) is 0.915. The third-order valence-corrected chi connectivity index (χ3v) is 4.18. The van der Waals surface area contributed by atoms with E-state index in [1.54, 1.807) is 30.0 Å². The Balaban J connectivity index is 1.84. The maximum absolute atomic E-state index is 13.3. The summed E-state index contributed by atoms with van der Waals surface area (Å²) in [5.74, 6) is 0.633. The molecule has 2 aromatic rings. The Morgan fingerprint density at radius 3 is 3.11 bits per heavy atom. The Labute approximate surface area is 114 Å². The van der Waals surface area contributed by atoms with E-state index < -0.39 is 0 Å². The van der Waals surface area contributed by atoms with Crippen molar-refractivity contribution in [3.63, 3.8) is 0 Å². The average molecular weight is 277 g/mol. The van der Waals surface area contributed by atoms with Gasteiger partial charge >= 0.3 is 0 Å². The smallest absolute Gasteiger partial charge is 0.287 e. The van der Waals surface area contributed by atoms with Crippen molar-refractivity contribution in [2.75, 3.05) is 5.75 Å². The van der Waals surface area contributed by atoms with Crippen LogP contribution < -0.4 is 5.32 Å². The van der Waals surface area contributed by atoms with Gasteiger partial charge in [0.1, 0.15) is 5.82 Å². The highest BCUT2D eigenvalue weighted by Gasteiger charge is 2.24. The van der Waals surface area contributed by atoms with Gasteiger partial charge < -0.3 is 9.73 Å². The molecule has 3 rings (SSSR count). The average Bonchev–Trinajstić information content (AvgIpc) is 2.93. The normalized spacial score (nSPS) is 17.8. The predicted octanol–water partition coefficient (Wildman–Crippen LogP) is 3.39. The Hall–Kier alpha value is -1.75. The van der Waals surface area contributed by atoms with E-state index in [1.807, 2.05) is 0 Å². The van der Waals surface area contributed by atoms with Gasteiger partial charge in [0.15, 0.2) is 5.76 Å². The molecule has 1 aliphatic rings. The van der Waals surface area contributed by atoms with Crippen LogP contribution in [0.5, 0.6) is 0 Å². The van der Waals surface area contributed by atoms with Crippen LogP contribution in [0.4, 0.5) is 4.39 Å². The van der Waals surface area contributed by atoms with Gasteiger partial charge in [0.2, 0.25) is 0 Å². The lowest BCUT2D eigenvalue weighted by atomic mass is 10.0. The van der Waals surface area contributed by atoms with Gasteiger partial charge in [-0.15, -0.1) is 11.8 Å². The summed E-state index contributed by atoms with van der Waals surface area (Å²) in [7, 11) is 0. The van der Waals surface area contributed by atoms with Gasteiger partial charge in [0.25, 0.3) is 5.91 Å². The molecule has 2 heterocycles. The number of nitrogens with one attached hydrogen (secondary N) is 1. The van der Waals surface area contributed by atoms with Crippen LogP contribution in [0.15, 0.2) is 45.9 Å². The molecule has 0 bridgehead atoms. The number of halogens is 1. The zero-order valence-electron chi connectivity index (χ0n) is 10.1. The van der Waals surface area contributed by atoms with Gasteiger partial charge in [-0.05, 0) is 42.3 Å². The minimum absolute atomic E-state index is 0.162. The van der Waals surface area contributed by atoms with Crippen LogP contribution in [-0.4, -0.2) is 11.7 Å². The largest absolute Gasteiger partial charge is 0.459 e. The van der Waals surface area contributed by atoms with E-state index in [-0.39, 0.29) is 23.5 Å². The van der Waals surface area contributed by atoms with Gasteiger partial charge in [0.05, 0.1) is 12.3 Å². The summed E-state index contributed by atoms with van der Waals surface area (Å²) in [4.78, 5) is 13.0. The summed E-state index contributed by atoms with van der Waals surface area (Å²) >= 11 is 1.68. The lowest BCUT2D eigenvalue weighted by Crippen LogP contribution is -2.30. The van der Waals surface area contributed by atoms with Crippen LogP contribution in [0, 0.1) is 5.82 Å². The first-order valence-electron chi connectivity index (χ1n) is 6.00. The number of furan rings is 1. The highest BCUT2D eigenvalue weighted by molar-refractivity contribution is 7.99. The molecule has 1 aromatic heterocycles. The summed E-state index contributed by atoms with van der Waals surface area (Å²) < 4.78 is 18.4. The Morgan fingerprint density at radius 1 is 1.42 bits per heavy atom. The minimum atomic E-state index is -0.279. The number of rotatable bonds is 2.